The first-order valence-corrected chi connectivity index (χ1v) is 8.17. The molecule has 1 aliphatic heterocycles. The van der Waals surface area contributed by atoms with E-state index in [0.717, 1.165) is 11.1 Å². The van der Waals surface area contributed by atoms with Crippen LogP contribution in [0.5, 0.6) is 0 Å². The number of rotatable bonds is 5. The van der Waals surface area contributed by atoms with E-state index in [9.17, 15) is 14.7 Å². The van der Waals surface area contributed by atoms with Crippen LogP contribution in [0.4, 0.5) is 0 Å². The van der Waals surface area contributed by atoms with Gasteiger partial charge in [0.15, 0.2) is 0 Å². The van der Waals surface area contributed by atoms with Crippen LogP contribution in [0.3, 0.4) is 0 Å². The van der Waals surface area contributed by atoms with Crippen LogP contribution in [-0.4, -0.2) is 33.7 Å². The molecule has 0 radical (unpaired) electrons. The van der Waals surface area contributed by atoms with Gasteiger partial charge in [0.2, 0.25) is 5.91 Å². The van der Waals surface area contributed by atoms with Gasteiger partial charge in [0.05, 0.1) is 5.75 Å². The minimum absolute atomic E-state index is 0.0837. The lowest BCUT2D eigenvalue weighted by molar-refractivity contribution is -0.150. The lowest BCUT2D eigenvalue weighted by Gasteiger charge is -2.31. The van der Waals surface area contributed by atoms with Crippen LogP contribution in [0, 0.1) is 12.8 Å². The maximum atomic E-state index is 12.2. The van der Waals surface area contributed by atoms with Gasteiger partial charge >= 0.3 is 5.97 Å². The van der Waals surface area contributed by atoms with Crippen molar-refractivity contribution >= 4 is 23.6 Å². The Morgan fingerprint density at radius 3 is 2.76 bits per heavy atom. The zero-order valence-electron chi connectivity index (χ0n) is 12.6. The van der Waals surface area contributed by atoms with E-state index in [1.54, 1.807) is 4.90 Å². The number of aliphatic carboxylic acids is 1. The molecule has 0 saturated carbocycles. The molecule has 114 valence electrons. The molecule has 1 heterocycles. The van der Waals surface area contributed by atoms with E-state index >= 15 is 0 Å². The number of carbonyl (C=O) groups is 2. The molecule has 0 bridgehead atoms. The Labute approximate surface area is 129 Å². The van der Waals surface area contributed by atoms with Gasteiger partial charge in [0, 0.05) is 0 Å². The van der Waals surface area contributed by atoms with E-state index in [1.165, 1.54) is 11.8 Å². The number of thioether (sulfide) groups is 1. The molecular formula is C16H21NO3S. The number of carboxylic acids is 1. The molecule has 1 aliphatic rings. The Kier molecular flexibility index (Phi) is 4.93. The van der Waals surface area contributed by atoms with Crippen LogP contribution >= 0.6 is 11.8 Å². The predicted octanol–water partition coefficient (Wildman–Crippen LogP) is 3.07. The summed E-state index contributed by atoms with van der Waals surface area (Å²) in [5.74, 6) is -0.431. The highest BCUT2D eigenvalue weighted by Gasteiger charge is 2.41. The first-order valence-electron chi connectivity index (χ1n) is 7.12. The van der Waals surface area contributed by atoms with Crippen molar-refractivity contribution in [3.8, 4) is 0 Å². The molecule has 0 aliphatic carbocycles. The summed E-state index contributed by atoms with van der Waals surface area (Å²) in [5, 5.41) is 9.32. The minimum atomic E-state index is -0.919. The summed E-state index contributed by atoms with van der Waals surface area (Å²) in [7, 11) is 0. The summed E-state index contributed by atoms with van der Waals surface area (Å²) in [5.41, 5.74) is 2.11. The summed E-state index contributed by atoms with van der Waals surface area (Å²) >= 11 is 1.51. The Bertz CT molecular complexity index is 544. The topological polar surface area (TPSA) is 57.6 Å². The molecule has 21 heavy (non-hydrogen) atoms. The smallest absolute Gasteiger partial charge is 0.326 e. The third-order valence-electron chi connectivity index (χ3n) is 3.55. The molecule has 1 aromatic rings. The van der Waals surface area contributed by atoms with Gasteiger partial charge in [-0.25, -0.2) is 4.79 Å². The van der Waals surface area contributed by atoms with Crippen molar-refractivity contribution in [2.24, 2.45) is 5.92 Å². The summed E-state index contributed by atoms with van der Waals surface area (Å²) in [6.45, 7) is 5.95. The van der Waals surface area contributed by atoms with Crippen LogP contribution in [0.1, 0.15) is 36.8 Å². The highest BCUT2D eigenvalue weighted by atomic mass is 32.2. The molecule has 1 N–H and O–H groups in total. The van der Waals surface area contributed by atoms with Gasteiger partial charge in [0.1, 0.15) is 11.4 Å². The first kappa shape index (κ1) is 15.9. The van der Waals surface area contributed by atoms with Crippen molar-refractivity contribution in [1.82, 2.24) is 4.90 Å². The Hall–Kier alpha value is -1.49. The van der Waals surface area contributed by atoms with Gasteiger partial charge in [-0.1, -0.05) is 43.7 Å². The molecule has 1 aromatic carbocycles. The van der Waals surface area contributed by atoms with Gasteiger partial charge in [0.25, 0.3) is 0 Å². The standard InChI is InChI=1S/C16H21NO3S/c1-10(2)7-13(16(19)20)17-14(18)9-21-15(17)12-6-4-5-11(3)8-12/h4-6,8,10,13,15H,7,9H2,1-3H3,(H,19,20). The average Bonchev–Trinajstić information content (AvgIpc) is 2.77. The van der Waals surface area contributed by atoms with Gasteiger partial charge < -0.3 is 10.0 Å². The van der Waals surface area contributed by atoms with E-state index in [4.69, 9.17) is 0 Å². The van der Waals surface area contributed by atoms with Crippen molar-refractivity contribution < 1.29 is 14.7 Å². The maximum absolute atomic E-state index is 12.2. The third kappa shape index (κ3) is 3.59. The van der Waals surface area contributed by atoms with Gasteiger partial charge in [-0.15, -0.1) is 11.8 Å². The number of hydrogen-bond donors (Lipinski definition) is 1. The number of hydrogen-bond acceptors (Lipinski definition) is 3. The molecular weight excluding hydrogens is 286 g/mol. The number of nitrogens with zero attached hydrogens (tertiary/aromatic N) is 1. The molecule has 1 saturated heterocycles. The maximum Gasteiger partial charge on any atom is 0.326 e. The van der Waals surface area contributed by atoms with Crippen molar-refractivity contribution in [3.05, 3.63) is 35.4 Å². The quantitative estimate of drug-likeness (QED) is 0.908. The number of aryl methyl sites for hydroxylation is 1. The molecule has 1 fully saturated rings. The summed E-state index contributed by atoms with van der Waals surface area (Å²) in [6.07, 6.45) is 0.476. The van der Waals surface area contributed by atoms with Crippen LogP contribution in [-0.2, 0) is 9.59 Å². The lowest BCUT2D eigenvalue weighted by atomic mass is 10.0. The van der Waals surface area contributed by atoms with Crippen LogP contribution in [0.2, 0.25) is 0 Å². The number of carboxylic acid groups (broad SMARTS) is 1. The average molecular weight is 307 g/mol. The van der Waals surface area contributed by atoms with E-state index in [1.807, 2.05) is 45.0 Å². The van der Waals surface area contributed by atoms with E-state index in [-0.39, 0.29) is 17.2 Å². The molecule has 5 heteroatoms. The minimum Gasteiger partial charge on any atom is -0.480 e. The molecule has 2 unspecified atom stereocenters. The van der Waals surface area contributed by atoms with Crippen LogP contribution in [0.25, 0.3) is 0 Å². The van der Waals surface area contributed by atoms with Crippen LogP contribution < -0.4 is 0 Å². The molecule has 1 amide bonds. The van der Waals surface area contributed by atoms with Gasteiger partial charge in [-0.3, -0.25) is 4.79 Å². The second kappa shape index (κ2) is 6.52. The molecule has 0 aromatic heterocycles. The Morgan fingerprint density at radius 1 is 1.48 bits per heavy atom. The zero-order chi connectivity index (χ0) is 15.6. The van der Waals surface area contributed by atoms with Crippen molar-refractivity contribution in [2.75, 3.05) is 5.75 Å². The highest BCUT2D eigenvalue weighted by molar-refractivity contribution is 8.00. The Morgan fingerprint density at radius 2 is 2.19 bits per heavy atom. The third-order valence-corrected chi connectivity index (χ3v) is 4.78. The van der Waals surface area contributed by atoms with E-state index < -0.39 is 12.0 Å². The fraction of sp³-hybridized carbons (Fsp3) is 0.500. The van der Waals surface area contributed by atoms with Gasteiger partial charge in [-0.2, -0.15) is 0 Å². The lowest BCUT2D eigenvalue weighted by Crippen LogP contribution is -2.44. The van der Waals surface area contributed by atoms with Crippen molar-refractivity contribution in [1.29, 1.82) is 0 Å². The number of carbonyl (C=O) groups excluding carboxylic acids is 1. The normalized spacial score (nSPS) is 20.1. The fourth-order valence-corrected chi connectivity index (χ4v) is 3.85. The highest BCUT2D eigenvalue weighted by Crippen LogP contribution is 2.41. The molecule has 0 spiro atoms. The number of amides is 1. The fourth-order valence-electron chi connectivity index (χ4n) is 2.63. The number of benzene rings is 1. The largest absolute Gasteiger partial charge is 0.480 e. The first-order chi connectivity index (χ1) is 9.90. The van der Waals surface area contributed by atoms with Crippen molar-refractivity contribution in [2.45, 2.75) is 38.6 Å². The van der Waals surface area contributed by atoms with Crippen molar-refractivity contribution in [3.63, 3.8) is 0 Å². The predicted molar refractivity (Wildman–Crippen MR) is 84.1 cm³/mol. The summed E-state index contributed by atoms with van der Waals surface area (Å²) in [6, 6.07) is 7.18. The van der Waals surface area contributed by atoms with Gasteiger partial charge in [-0.05, 0) is 24.8 Å². The van der Waals surface area contributed by atoms with E-state index in [2.05, 4.69) is 0 Å². The van der Waals surface area contributed by atoms with Crippen LogP contribution in [0.15, 0.2) is 24.3 Å². The Balaban J connectivity index is 2.33. The molecule has 2 atom stereocenters. The SMILES string of the molecule is Cc1cccc(C2SCC(=O)N2C(CC(C)C)C(=O)O)c1. The molecule has 4 nitrogen and oxygen atoms in total. The molecule has 2 rings (SSSR count). The van der Waals surface area contributed by atoms with E-state index in [0.29, 0.717) is 12.2 Å². The monoisotopic (exact) mass is 307 g/mol. The summed E-state index contributed by atoms with van der Waals surface area (Å²) < 4.78 is 0. The second-order valence-corrected chi connectivity index (χ2v) is 6.93. The summed E-state index contributed by atoms with van der Waals surface area (Å²) in [4.78, 5) is 25.4. The zero-order valence-corrected chi connectivity index (χ0v) is 13.4. The second-order valence-electron chi connectivity index (χ2n) is 5.86.